The average molecular weight is 177 g/mol. The van der Waals surface area contributed by atoms with E-state index in [1.807, 2.05) is 12.2 Å². The van der Waals surface area contributed by atoms with Gasteiger partial charge in [-0.2, -0.15) is 0 Å². The van der Waals surface area contributed by atoms with Crippen molar-refractivity contribution in [2.45, 2.75) is 12.8 Å². The average Bonchev–Trinajstić information content (AvgIpc) is 2.98. The zero-order chi connectivity index (χ0) is 9.26. The van der Waals surface area contributed by atoms with Gasteiger partial charge in [0.1, 0.15) is 0 Å². The molecular formula is C10H11NO2. The van der Waals surface area contributed by atoms with Gasteiger partial charge in [-0.15, -0.1) is 4.91 Å². The van der Waals surface area contributed by atoms with Gasteiger partial charge in [0.05, 0.1) is 0 Å². The standard InChI is InChI=1S/C10H11NO2/c12-10(11-13)9-6-8(9)7-4-2-1-3-5-7/h1-4,7-9H,5-6H2/t7?,8-,9?/m1/s1. The van der Waals surface area contributed by atoms with E-state index in [-0.39, 0.29) is 5.92 Å². The van der Waals surface area contributed by atoms with Crippen LogP contribution in [0.1, 0.15) is 12.8 Å². The van der Waals surface area contributed by atoms with Crippen molar-refractivity contribution in [1.29, 1.82) is 0 Å². The molecule has 0 saturated heterocycles. The summed E-state index contributed by atoms with van der Waals surface area (Å²) in [5.74, 6) is 0.263. The molecule has 1 fully saturated rings. The molecule has 0 aliphatic heterocycles. The summed E-state index contributed by atoms with van der Waals surface area (Å²) in [6, 6.07) is 0. The number of rotatable bonds is 2. The Bertz CT molecular complexity index is 293. The lowest BCUT2D eigenvalue weighted by Gasteiger charge is -2.10. The third kappa shape index (κ3) is 1.59. The van der Waals surface area contributed by atoms with Gasteiger partial charge in [0.15, 0.2) is 0 Å². The summed E-state index contributed by atoms with van der Waals surface area (Å²) >= 11 is 0. The highest BCUT2D eigenvalue weighted by Gasteiger charge is 2.47. The van der Waals surface area contributed by atoms with Crippen LogP contribution in [0, 0.1) is 22.7 Å². The molecule has 13 heavy (non-hydrogen) atoms. The minimum atomic E-state index is -0.465. The third-order valence-electron chi connectivity index (χ3n) is 2.81. The van der Waals surface area contributed by atoms with Crippen molar-refractivity contribution in [1.82, 2.24) is 0 Å². The molecule has 2 aliphatic carbocycles. The van der Waals surface area contributed by atoms with Crippen LogP contribution in [0.5, 0.6) is 0 Å². The summed E-state index contributed by atoms with van der Waals surface area (Å²) in [6.07, 6.45) is 10.1. The first-order valence-electron chi connectivity index (χ1n) is 4.53. The van der Waals surface area contributed by atoms with E-state index >= 15 is 0 Å². The maximum Gasteiger partial charge on any atom is 0.289 e. The Balaban J connectivity index is 1.92. The molecule has 3 heteroatoms. The minimum absolute atomic E-state index is 0.0846. The second-order valence-electron chi connectivity index (χ2n) is 3.65. The lowest BCUT2D eigenvalue weighted by Crippen LogP contribution is -2.05. The van der Waals surface area contributed by atoms with Crippen LogP contribution in [0.15, 0.2) is 29.5 Å². The molecule has 2 aliphatic rings. The normalized spacial score (nSPS) is 35.8. The Morgan fingerprint density at radius 2 is 2.23 bits per heavy atom. The highest BCUT2D eigenvalue weighted by Crippen LogP contribution is 2.47. The van der Waals surface area contributed by atoms with Crippen molar-refractivity contribution < 1.29 is 4.79 Å². The van der Waals surface area contributed by atoms with E-state index in [1.54, 1.807) is 0 Å². The molecule has 0 bridgehead atoms. The second-order valence-corrected chi connectivity index (χ2v) is 3.65. The second kappa shape index (κ2) is 3.24. The summed E-state index contributed by atoms with van der Waals surface area (Å²) < 4.78 is 0. The minimum Gasteiger partial charge on any atom is -0.269 e. The van der Waals surface area contributed by atoms with Crippen molar-refractivity contribution in [3.8, 4) is 0 Å². The van der Waals surface area contributed by atoms with E-state index < -0.39 is 5.91 Å². The number of allylic oxidation sites excluding steroid dienone is 4. The first-order chi connectivity index (χ1) is 6.33. The zero-order valence-corrected chi connectivity index (χ0v) is 7.22. The number of amides is 1. The Hall–Kier alpha value is -1.25. The number of hydrogen-bond acceptors (Lipinski definition) is 2. The smallest absolute Gasteiger partial charge is 0.269 e. The number of nitrogens with zero attached hydrogens (tertiary/aromatic N) is 1. The first kappa shape index (κ1) is 8.35. The molecule has 3 atom stereocenters. The van der Waals surface area contributed by atoms with Gasteiger partial charge in [-0.1, -0.05) is 24.3 Å². The van der Waals surface area contributed by atoms with Gasteiger partial charge in [-0.25, -0.2) is 0 Å². The molecule has 3 nitrogen and oxygen atoms in total. The van der Waals surface area contributed by atoms with Crippen LogP contribution in [0.4, 0.5) is 0 Å². The van der Waals surface area contributed by atoms with Gasteiger partial charge in [0, 0.05) is 11.1 Å². The van der Waals surface area contributed by atoms with Crippen LogP contribution in [-0.4, -0.2) is 5.91 Å². The van der Waals surface area contributed by atoms with E-state index in [9.17, 15) is 9.70 Å². The predicted octanol–water partition coefficient (Wildman–Crippen LogP) is 2.05. The maximum absolute atomic E-state index is 10.9. The molecule has 1 saturated carbocycles. The molecule has 0 aromatic rings. The SMILES string of the molecule is O=NC(=O)C1C[C@@H]1C1C=CC=CC1. The number of hydrogen-bond donors (Lipinski definition) is 0. The van der Waals surface area contributed by atoms with Gasteiger partial charge < -0.3 is 0 Å². The summed E-state index contributed by atoms with van der Waals surface area (Å²) in [4.78, 5) is 20.9. The van der Waals surface area contributed by atoms with Gasteiger partial charge in [-0.05, 0) is 24.7 Å². The van der Waals surface area contributed by atoms with Crippen LogP contribution in [0.2, 0.25) is 0 Å². The molecule has 0 spiro atoms. The molecule has 1 amide bonds. The fourth-order valence-electron chi connectivity index (χ4n) is 1.96. The number of nitroso groups, excluding NO2 is 1. The molecule has 68 valence electrons. The molecular weight excluding hydrogens is 166 g/mol. The molecule has 0 heterocycles. The van der Waals surface area contributed by atoms with Gasteiger partial charge >= 0.3 is 0 Å². The van der Waals surface area contributed by atoms with Crippen molar-refractivity contribution in [2.24, 2.45) is 22.9 Å². The number of carbonyl (C=O) groups excluding carboxylic acids is 1. The van der Waals surface area contributed by atoms with E-state index in [4.69, 9.17) is 0 Å². The Labute approximate surface area is 76.5 Å². The van der Waals surface area contributed by atoms with E-state index in [2.05, 4.69) is 17.3 Å². The Morgan fingerprint density at radius 3 is 2.85 bits per heavy atom. The summed E-state index contributed by atoms with van der Waals surface area (Å²) in [7, 11) is 0. The van der Waals surface area contributed by atoms with E-state index in [0.29, 0.717) is 11.8 Å². The lowest BCUT2D eigenvalue weighted by molar-refractivity contribution is -0.119. The largest absolute Gasteiger partial charge is 0.289 e. The topological polar surface area (TPSA) is 46.5 Å². The number of carbonyl (C=O) groups is 1. The molecule has 0 aromatic carbocycles. The van der Waals surface area contributed by atoms with Gasteiger partial charge in [0.2, 0.25) is 0 Å². The van der Waals surface area contributed by atoms with Gasteiger partial charge in [-0.3, -0.25) is 4.79 Å². The fourth-order valence-corrected chi connectivity index (χ4v) is 1.96. The summed E-state index contributed by atoms with van der Waals surface area (Å²) in [5, 5.41) is 2.46. The Morgan fingerprint density at radius 1 is 1.38 bits per heavy atom. The van der Waals surface area contributed by atoms with E-state index in [0.717, 1.165) is 12.8 Å². The fraction of sp³-hybridized carbons (Fsp3) is 0.500. The third-order valence-corrected chi connectivity index (χ3v) is 2.81. The quantitative estimate of drug-likeness (QED) is 0.606. The first-order valence-corrected chi connectivity index (χ1v) is 4.53. The van der Waals surface area contributed by atoms with Crippen molar-refractivity contribution in [3.05, 3.63) is 29.2 Å². The Kier molecular flexibility index (Phi) is 2.08. The monoisotopic (exact) mass is 177 g/mol. The molecule has 0 N–H and O–H groups in total. The van der Waals surface area contributed by atoms with Crippen LogP contribution in [0.3, 0.4) is 0 Å². The summed E-state index contributed by atoms with van der Waals surface area (Å²) in [6.45, 7) is 0. The van der Waals surface area contributed by atoms with Crippen LogP contribution < -0.4 is 0 Å². The van der Waals surface area contributed by atoms with Crippen molar-refractivity contribution >= 4 is 5.91 Å². The van der Waals surface area contributed by atoms with Crippen LogP contribution >= 0.6 is 0 Å². The summed E-state index contributed by atoms with van der Waals surface area (Å²) in [5.41, 5.74) is 0. The maximum atomic E-state index is 10.9. The highest BCUT2D eigenvalue weighted by atomic mass is 16.3. The zero-order valence-electron chi connectivity index (χ0n) is 7.22. The van der Waals surface area contributed by atoms with Crippen LogP contribution in [0.25, 0.3) is 0 Å². The van der Waals surface area contributed by atoms with Gasteiger partial charge in [0.25, 0.3) is 5.91 Å². The molecule has 2 rings (SSSR count). The highest BCUT2D eigenvalue weighted by molar-refractivity contribution is 5.82. The van der Waals surface area contributed by atoms with Crippen LogP contribution in [-0.2, 0) is 4.79 Å². The van der Waals surface area contributed by atoms with Crippen molar-refractivity contribution in [3.63, 3.8) is 0 Å². The lowest BCUT2D eigenvalue weighted by atomic mass is 9.94. The molecule has 0 radical (unpaired) electrons. The van der Waals surface area contributed by atoms with E-state index in [1.165, 1.54) is 0 Å². The predicted molar refractivity (Wildman–Crippen MR) is 48.8 cm³/mol. The van der Waals surface area contributed by atoms with Crippen molar-refractivity contribution in [2.75, 3.05) is 0 Å². The molecule has 0 aromatic heterocycles. The molecule has 2 unspecified atom stereocenters.